The van der Waals surface area contributed by atoms with Crippen molar-refractivity contribution in [3.05, 3.63) is 77.0 Å². The predicted octanol–water partition coefficient (Wildman–Crippen LogP) is 3.93. The van der Waals surface area contributed by atoms with Gasteiger partial charge in [0.1, 0.15) is 0 Å². The van der Waals surface area contributed by atoms with Crippen LogP contribution in [0.25, 0.3) is 22.6 Å². The van der Waals surface area contributed by atoms with Crippen molar-refractivity contribution in [2.45, 2.75) is 19.8 Å². The molecule has 2 aromatic carbocycles. The largest absolute Gasteiger partial charge is 0.353 e. The molecule has 2 amide bonds. The van der Waals surface area contributed by atoms with E-state index >= 15 is 0 Å². The number of pyridine rings is 1. The molecule has 1 aromatic heterocycles. The summed E-state index contributed by atoms with van der Waals surface area (Å²) in [5, 5.41) is 3.67. The Morgan fingerprint density at radius 1 is 1.10 bits per heavy atom. The van der Waals surface area contributed by atoms with Gasteiger partial charge in [0.05, 0.1) is 23.3 Å². The first kappa shape index (κ1) is 19.5. The second kappa shape index (κ2) is 7.99. The van der Waals surface area contributed by atoms with Crippen molar-refractivity contribution in [2.75, 3.05) is 19.6 Å². The van der Waals surface area contributed by atoms with Gasteiger partial charge in [0, 0.05) is 18.5 Å². The second-order valence-corrected chi connectivity index (χ2v) is 8.50. The average molecular weight is 412 g/mol. The zero-order valence-corrected chi connectivity index (χ0v) is 17.6. The van der Waals surface area contributed by atoms with Crippen LogP contribution in [0.5, 0.6) is 0 Å². The average Bonchev–Trinajstić information content (AvgIpc) is 2.78. The molecule has 2 aliphatic rings. The van der Waals surface area contributed by atoms with Crippen LogP contribution < -0.4 is 5.32 Å². The quantitative estimate of drug-likeness (QED) is 0.695. The standard InChI is InChI=1S/C26H25N3O2/c1-17-13-19(15-18-7-3-2-4-8-18)25-21(14-17)24(20-9-5-6-10-22(20)28-25)26(31)29-12-11-27-23(30)16-29/h2-10,15,17H,11-14,16H2,1H3,(H,27,30)/b19-15-. The number of hydrogen-bond acceptors (Lipinski definition) is 3. The van der Waals surface area contributed by atoms with E-state index in [1.54, 1.807) is 4.90 Å². The Labute approximate surface area is 181 Å². The minimum atomic E-state index is -0.107. The van der Waals surface area contributed by atoms with Crippen LogP contribution in [0.4, 0.5) is 0 Å². The van der Waals surface area contributed by atoms with Crippen LogP contribution in [0.1, 0.15) is 40.5 Å². The van der Waals surface area contributed by atoms with E-state index in [0.29, 0.717) is 24.6 Å². The summed E-state index contributed by atoms with van der Waals surface area (Å²) in [5.41, 5.74) is 5.76. The maximum absolute atomic E-state index is 13.7. The molecule has 5 rings (SSSR count). The number of fused-ring (bicyclic) bond motifs is 2. The lowest BCUT2D eigenvalue weighted by atomic mass is 9.80. The Bertz CT molecular complexity index is 1200. The summed E-state index contributed by atoms with van der Waals surface area (Å²) in [5.74, 6) is 0.226. The van der Waals surface area contributed by atoms with E-state index in [9.17, 15) is 9.59 Å². The Kier molecular flexibility index (Phi) is 5.02. The molecule has 1 atom stereocenters. The number of para-hydroxylation sites is 1. The van der Waals surface area contributed by atoms with Crippen LogP contribution in [0.3, 0.4) is 0 Å². The number of carbonyl (C=O) groups is 2. The third-order valence-electron chi connectivity index (χ3n) is 6.10. The van der Waals surface area contributed by atoms with Crippen LogP contribution in [-0.2, 0) is 11.2 Å². The van der Waals surface area contributed by atoms with Crippen LogP contribution in [0, 0.1) is 5.92 Å². The minimum Gasteiger partial charge on any atom is -0.353 e. The molecule has 31 heavy (non-hydrogen) atoms. The van der Waals surface area contributed by atoms with Crippen molar-refractivity contribution in [1.29, 1.82) is 0 Å². The van der Waals surface area contributed by atoms with E-state index < -0.39 is 0 Å². The molecule has 0 bridgehead atoms. The number of carbonyl (C=O) groups excluding carboxylic acids is 2. The topological polar surface area (TPSA) is 62.3 Å². The number of allylic oxidation sites excluding steroid dienone is 1. The molecule has 1 aliphatic heterocycles. The molecule has 1 aliphatic carbocycles. The molecular weight excluding hydrogens is 386 g/mol. The maximum Gasteiger partial charge on any atom is 0.255 e. The van der Waals surface area contributed by atoms with Gasteiger partial charge in [-0.15, -0.1) is 0 Å². The van der Waals surface area contributed by atoms with E-state index in [2.05, 4.69) is 30.4 Å². The Hall–Kier alpha value is -3.47. The number of piperazine rings is 1. The van der Waals surface area contributed by atoms with Crippen molar-refractivity contribution in [2.24, 2.45) is 5.92 Å². The van der Waals surface area contributed by atoms with Crippen molar-refractivity contribution in [3.8, 4) is 0 Å². The minimum absolute atomic E-state index is 0.0714. The third kappa shape index (κ3) is 3.72. The number of nitrogens with one attached hydrogen (secondary N) is 1. The summed E-state index contributed by atoms with van der Waals surface area (Å²) in [6.45, 7) is 3.34. The normalized spacial score (nSPS) is 19.9. The fourth-order valence-electron chi connectivity index (χ4n) is 4.70. The van der Waals surface area contributed by atoms with Gasteiger partial charge < -0.3 is 10.2 Å². The van der Waals surface area contributed by atoms with E-state index in [0.717, 1.165) is 46.1 Å². The first-order valence-electron chi connectivity index (χ1n) is 10.8. The van der Waals surface area contributed by atoms with Crippen molar-refractivity contribution in [1.82, 2.24) is 15.2 Å². The molecule has 3 aromatic rings. The molecule has 2 heterocycles. The number of amides is 2. The number of rotatable bonds is 2. The van der Waals surface area contributed by atoms with Gasteiger partial charge in [0.15, 0.2) is 0 Å². The highest BCUT2D eigenvalue weighted by Gasteiger charge is 2.31. The van der Waals surface area contributed by atoms with Crippen LogP contribution in [0.2, 0.25) is 0 Å². The highest BCUT2D eigenvalue weighted by atomic mass is 16.2. The lowest BCUT2D eigenvalue weighted by Crippen LogP contribution is -2.50. The molecule has 0 radical (unpaired) electrons. The van der Waals surface area contributed by atoms with Gasteiger partial charge >= 0.3 is 0 Å². The lowest BCUT2D eigenvalue weighted by molar-refractivity contribution is -0.123. The fourth-order valence-corrected chi connectivity index (χ4v) is 4.70. The number of aromatic nitrogens is 1. The van der Waals surface area contributed by atoms with Crippen molar-refractivity contribution < 1.29 is 9.59 Å². The zero-order chi connectivity index (χ0) is 21.4. The fraction of sp³-hybridized carbons (Fsp3) is 0.269. The summed E-state index contributed by atoms with van der Waals surface area (Å²) in [7, 11) is 0. The highest BCUT2D eigenvalue weighted by Crippen LogP contribution is 2.39. The Morgan fingerprint density at radius 2 is 1.87 bits per heavy atom. The first-order chi connectivity index (χ1) is 15.1. The third-order valence-corrected chi connectivity index (χ3v) is 6.10. The molecule has 0 saturated carbocycles. The second-order valence-electron chi connectivity index (χ2n) is 8.50. The number of hydrogen-bond donors (Lipinski definition) is 1. The summed E-state index contributed by atoms with van der Waals surface area (Å²) in [6.07, 6.45) is 3.92. The molecule has 5 nitrogen and oxygen atoms in total. The van der Waals surface area contributed by atoms with Crippen LogP contribution in [-0.4, -0.2) is 41.3 Å². The smallest absolute Gasteiger partial charge is 0.255 e. The van der Waals surface area contributed by atoms with Gasteiger partial charge in [-0.2, -0.15) is 0 Å². The number of benzene rings is 2. The van der Waals surface area contributed by atoms with Gasteiger partial charge in [0.2, 0.25) is 5.91 Å². The highest BCUT2D eigenvalue weighted by molar-refractivity contribution is 6.10. The van der Waals surface area contributed by atoms with Gasteiger partial charge in [-0.1, -0.05) is 55.5 Å². The molecule has 156 valence electrons. The Balaban J connectivity index is 1.71. The van der Waals surface area contributed by atoms with Gasteiger partial charge in [-0.25, -0.2) is 4.98 Å². The zero-order valence-electron chi connectivity index (χ0n) is 17.6. The summed E-state index contributed by atoms with van der Waals surface area (Å²) < 4.78 is 0. The van der Waals surface area contributed by atoms with Gasteiger partial charge in [0.25, 0.3) is 5.91 Å². The molecule has 1 fully saturated rings. The monoisotopic (exact) mass is 411 g/mol. The summed E-state index contributed by atoms with van der Waals surface area (Å²) >= 11 is 0. The van der Waals surface area contributed by atoms with E-state index in [4.69, 9.17) is 4.98 Å². The first-order valence-corrected chi connectivity index (χ1v) is 10.8. The van der Waals surface area contributed by atoms with E-state index in [-0.39, 0.29) is 18.4 Å². The maximum atomic E-state index is 13.7. The summed E-state index contributed by atoms with van der Waals surface area (Å²) in [4.78, 5) is 32.3. The Morgan fingerprint density at radius 3 is 2.68 bits per heavy atom. The molecule has 5 heteroatoms. The predicted molar refractivity (Wildman–Crippen MR) is 122 cm³/mol. The number of nitrogens with zero attached hydrogens (tertiary/aromatic N) is 2. The van der Waals surface area contributed by atoms with Gasteiger partial charge in [-0.05, 0) is 47.6 Å². The van der Waals surface area contributed by atoms with Crippen LogP contribution >= 0.6 is 0 Å². The van der Waals surface area contributed by atoms with Crippen LogP contribution in [0.15, 0.2) is 54.6 Å². The van der Waals surface area contributed by atoms with E-state index in [1.807, 2.05) is 42.5 Å². The molecule has 1 saturated heterocycles. The lowest BCUT2D eigenvalue weighted by Gasteiger charge is -2.31. The molecule has 1 N–H and O–H groups in total. The van der Waals surface area contributed by atoms with Crippen molar-refractivity contribution in [3.63, 3.8) is 0 Å². The molecule has 0 spiro atoms. The SMILES string of the molecule is CC1C/C(=C/c2ccccc2)c2nc3ccccc3c(C(=O)N3CCNC(=O)C3)c2C1. The molecule has 1 unspecified atom stereocenters. The summed E-state index contributed by atoms with van der Waals surface area (Å²) in [6, 6.07) is 18.1. The van der Waals surface area contributed by atoms with Gasteiger partial charge in [-0.3, -0.25) is 9.59 Å². The molecular formula is C26H25N3O2. The van der Waals surface area contributed by atoms with E-state index in [1.165, 1.54) is 0 Å². The van der Waals surface area contributed by atoms with Crippen molar-refractivity contribution >= 4 is 34.4 Å².